The number of para-hydroxylation sites is 2. The van der Waals surface area contributed by atoms with Crippen LogP contribution in [-0.4, -0.2) is 14.5 Å². The summed E-state index contributed by atoms with van der Waals surface area (Å²) in [5.74, 6) is 0.715. The van der Waals surface area contributed by atoms with Gasteiger partial charge in [0.25, 0.3) is 0 Å². The fourth-order valence-electron chi connectivity index (χ4n) is 5.06. The first-order valence-corrected chi connectivity index (χ1v) is 13.3. The summed E-state index contributed by atoms with van der Waals surface area (Å²) in [6.45, 7) is 0. The van der Waals surface area contributed by atoms with Crippen LogP contribution in [0.2, 0.25) is 0 Å². The number of hydrogen-bond acceptors (Lipinski definition) is 2. The monoisotopic (exact) mass is 551 g/mol. The first kappa shape index (κ1) is 22.6. The van der Waals surface area contributed by atoms with Gasteiger partial charge in [0.15, 0.2) is 5.82 Å². The molecule has 4 heteroatoms. The van der Waals surface area contributed by atoms with Crippen molar-refractivity contribution in [3.63, 3.8) is 0 Å². The first-order chi connectivity index (χ1) is 18.7. The topological polar surface area (TPSA) is 30.7 Å². The van der Waals surface area contributed by atoms with Crippen LogP contribution in [0.3, 0.4) is 0 Å². The van der Waals surface area contributed by atoms with Crippen LogP contribution in [0.1, 0.15) is 0 Å². The molecule has 2 aromatic heterocycles. The van der Waals surface area contributed by atoms with Crippen molar-refractivity contribution in [1.29, 1.82) is 0 Å². The minimum atomic E-state index is 0.715. The number of nitrogens with zero attached hydrogens (tertiary/aromatic N) is 3. The lowest BCUT2D eigenvalue weighted by Crippen LogP contribution is -1.97. The highest BCUT2D eigenvalue weighted by atomic mass is 79.9. The number of hydrogen-bond donors (Lipinski definition) is 0. The Hall–Kier alpha value is -4.54. The van der Waals surface area contributed by atoms with E-state index < -0.39 is 0 Å². The second kappa shape index (κ2) is 9.40. The number of fused-ring (bicyclic) bond motifs is 3. The van der Waals surface area contributed by atoms with Crippen LogP contribution in [0.15, 0.2) is 138 Å². The maximum atomic E-state index is 4.98. The molecule has 5 aromatic carbocycles. The van der Waals surface area contributed by atoms with Crippen LogP contribution in [0.25, 0.3) is 61.4 Å². The predicted molar refractivity (Wildman–Crippen MR) is 160 cm³/mol. The van der Waals surface area contributed by atoms with E-state index in [9.17, 15) is 0 Å². The Morgan fingerprint density at radius 2 is 0.974 bits per heavy atom. The van der Waals surface area contributed by atoms with Crippen LogP contribution >= 0.6 is 15.9 Å². The van der Waals surface area contributed by atoms with Gasteiger partial charge in [-0.05, 0) is 42.5 Å². The second-order valence-electron chi connectivity index (χ2n) is 9.25. The Labute approximate surface area is 229 Å². The van der Waals surface area contributed by atoms with Crippen LogP contribution in [0.5, 0.6) is 0 Å². The predicted octanol–water partition coefficient (Wildman–Crippen LogP) is 9.34. The molecular weight excluding hydrogens is 530 g/mol. The van der Waals surface area contributed by atoms with Gasteiger partial charge in [-0.1, -0.05) is 107 Å². The van der Waals surface area contributed by atoms with Crippen molar-refractivity contribution in [1.82, 2.24) is 14.5 Å². The van der Waals surface area contributed by atoms with E-state index in [4.69, 9.17) is 9.97 Å². The Balaban J connectivity index is 1.36. The number of rotatable bonds is 4. The van der Waals surface area contributed by atoms with Crippen molar-refractivity contribution < 1.29 is 0 Å². The summed E-state index contributed by atoms with van der Waals surface area (Å²) in [4.78, 5) is 9.91. The summed E-state index contributed by atoms with van der Waals surface area (Å²) in [6, 6.07) is 46.3. The van der Waals surface area contributed by atoms with Gasteiger partial charge in [-0.2, -0.15) is 0 Å². The third-order valence-electron chi connectivity index (χ3n) is 6.90. The van der Waals surface area contributed by atoms with E-state index in [1.54, 1.807) is 0 Å². The standard InChI is InChI=1S/C34H22BrN3/c35-26-18-14-23(15-19-26)30-22-31(37-34(36-30)25-8-2-1-3-9-25)24-16-20-27(21-17-24)38-32-12-6-4-10-28(32)29-11-5-7-13-33(29)38/h1-22H. The number of aromatic nitrogens is 3. The molecule has 0 aliphatic heterocycles. The summed E-state index contributed by atoms with van der Waals surface area (Å²) >= 11 is 3.54. The molecule has 2 heterocycles. The zero-order valence-electron chi connectivity index (χ0n) is 20.4. The lowest BCUT2D eigenvalue weighted by Gasteiger charge is -2.11. The fraction of sp³-hybridized carbons (Fsp3) is 0. The highest BCUT2D eigenvalue weighted by molar-refractivity contribution is 9.10. The van der Waals surface area contributed by atoms with Gasteiger partial charge in [0.05, 0.1) is 22.4 Å². The van der Waals surface area contributed by atoms with Crippen molar-refractivity contribution in [2.75, 3.05) is 0 Å². The molecule has 0 atom stereocenters. The Bertz CT molecular complexity index is 1850. The molecule has 0 amide bonds. The van der Waals surface area contributed by atoms with E-state index in [2.05, 4.69) is 124 Å². The molecule has 38 heavy (non-hydrogen) atoms. The summed E-state index contributed by atoms with van der Waals surface area (Å²) in [7, 11) is 0. The highest BCUT2D eigenvalue weighted by Gasteiger charge is 2.13. The summed E-state index contributed by atoms with van der Waals surface area (Å²) in [5, 5.41) is 2.52. The van der Waals surface area contributed by atoms with Crippen molar-refractivity contribution >= 4 is 37.7 Å². The number of benzene rings is 5. The molecule has 0 unspecified atom stereocenters. The molecule has 0 spiro atoms. The third-order valence-corrected chi connectivity index (χ3v) is 7.43. The van der Waals surface area contributed by atoms with Gasteiger partial charge in [0, 0.05) is 37.6 Å². The van der Waals surface area contributed by atoms with E-state index in [0.29, 0.717) is 5.82 Å². The molecule has 0 aliphatic carbocycles. The smallest absolute Gasteiger partial charge is 0.160 e. The molecule has 0 bridgehead atoms. The van der Waals surface area contributed by atoms with Crippen LogP contribution < -0.4 is 0 Å². The van der Waals surface area contributed by atoms with Crippen molar-refractivity contribution in [3.05, 3.63) is 138 Å². The van der Waals surface area contributed by atoms with Gasteiger partial charge in [0.2, 0.25) is 0 Å². The molecule has 0 saturated carbocycles. The maximum Gasteiger partial charge on any atom is 0.160 e. The molecule has 3 nitrogen and oxygen atoms in total. The van der Waals surface area contributed by atoms with Gasteiger partial charge < -0.3 is 4.57 Å². The molecule has 180 valence electrons. The zero-order chi connectivity index (χ0) is 25.5. The minimum absolute atomic E-state index is 0.715. The molecule has 0 radical (unpaired) electrons. The van der Waals surface area contributed by atoms with Crippen LogP contribution in [0, 0.1) is 0 Å². The van der Waals surface area contributed by atoms with E-state index in [1.807, 2.05) is 30.3 Å². The van der Waals surface area contributed by atoms with Gasteiger partial charge >= 0.3 is 0 Å². The fourth-order valence-corrected chi connectivity index (χ4v) is 5.33. The summed E-state index contributed by atoms with van der Waals surface area (Å²) in [5.41, 5.74) is 8.41. The Morgan fingerprint density at radius 3 is 1.55 bits per heavy atom. The summed E-state index contributed by atoms with van der Waals surface area (Å²) in [6.07, 6.45) is 0. The quantitative estimate of drug-likeness (QED) is 0.218. The van der Waals surface area contributed by atoms with E-state index >= 15 is 0 Å². The first-order valence-electron chi connectivity index (χ1n) is 12.5. The molecule has 7 rings (SSSR count). The van der Waals surface area contributed by atoms with Crippen molar-refractivity contribution in [2.24, 2.45) is 0 Å². The van der Waals surface area contributed by atoms with Gasteiger partial charge in [-0.3, -0.25) is 0 Å². The SMILES string of the molecule is Brc1ccc(-c2cc(-c3ccc(-n4c5ccccc5c5ccccc54)cc3)nc(-c3ccccc3)n2)cc1. The normalized spacial score (nSPS) is 11.3. The van der Waals surface area contributed by atoms with Crippen LogP contribution in [0.4, 0.5) is 0 Å². The third kappa shape index (κ3) is 4.00. The van der Waals surface area contributed by atoms with Gasteiger partial charge in [0.1, 0.15) is 0 Å². The zero-order valence-corrected chi connectivity index (χ0v) is 22.0. The molecular formula is C34H22BrN3. The lowest BCUT2D eigenvalue weighted by molar-refractivity contribution is 1.17. The summed E-state index contributed by atoms with van der Waals surface area (Å²) < 4.78 is 3.37. The molecule has 0 N–H and O–H groups in total. The maximum absolute atomic E-state index is 4.98. The number of halogens is 1. The van der Waals surface area contributed by atoms with E-state index in [0.717, 1.165) is 38.2 Å². The average Bonchev–Trinajstić information content (AvgIpc) is 3.32. The van der Waals surface area contributed by atoms with Gasteiger partial charge in [-0.15, -0.1) is 0 Å². The molecule has 0 saturated heterocycles. The lowest BCUT2D eigenvalue weighted by atomic mass is 10.1. The van der Waals surface area contributed by atoms with E-state index in [1.165, 1.54) is 21.8 Å². The second-order valence-corrected chi connectivity index (χ2v) is 10.2. The minimum Gasteiger partial charge on any atom is -0.309 e. The van der Waals surface area contributed by atoms with Crippen molar-refractivity contribution in [3.8, 4) is 39.6 Å². The van der Waals surface area contributed by atoms with Crippen molar-refractivity contribution in [2.45, 2.75) is 0 Å². The average molecular weight is 552 g/mol. The largest absolute Gasteiger partial charge is 0.309 e. The molecule has 0 fully saturated rings. The molecule has 7 aromatic rings. The van der Waals surface area contributed by atoms with E-state index in [-0.39, 0.29) is 0 Å². The van der Waals surface area contributed by atoms with Crippen LogP contribution in [-0.2, 0) is 0 Å². The molecule has 0 aliphatic rings. The Kier molecular flexibility index (Phi) is 5.60. The Morgan fingerprint density at radius 1 is 0.474 bits per heavy atom. The van der Waals surface area contributed by atoms with Gasteiger partial charge in [-0.25, -0.2) is 9.97 Å². The highest BCUT2D eigenvalue weighted by Crippen LogP contribution is 2.33.